The van der Waals surface area contributed by atoms with Gasteiger partial charge in [0.15, 0.2) is 11.5 Å². The zero-order valence-electron chi connectivity index (χ0n) is 13.0. The van der Waals surface area contributed by atoms with E-state index in [2.05, 4.69) is 10.3 Å². The third-order valence-corrected chi connectivity index (χ3v) is 3.68. The molecule has 0 radical (unpaired) electrons. The van der Waals surface area contributed by atoms with Gasteiger partial charge in [-0.2, -0.15) is 0 Å². The van der Waals surface area contributed by atoms with Crippen LogP contribution in [0.2, 0.25) is 0 Å². The van der Waals surface area contributed by atoms with Crippen LogP contribution in [-0.4, -0.2) is 16.0 Å². The minimum atomic E-state index is -1.22. The molecule has 0 saturated heterocycles. The second-order valence-electron chi connectivity index (χ2n) is 5.78. The van der Waals surface area contributed by atoms with Crippen molar-refractivity contribution in [1.82, 2.24) is 4.98 Å². The lowest BCUT2D eigenvalue weighted by Gasteiger charge is -2.23. The predicted molar refractivity (Wildman–Crippen MR) is 88.0 cm³/mol. The number of amides is 1. The largest absolute Gasteiger partial charge is 0.441 e. The molecule has 2 aromatic carbocycles. The highest BCUT2D eigenvalue weighted by Crippen LogP contribution is 2.25. The fourth-order valence-corrected chi connectivity index (χ4v) is 2.53. The van der Waals surface area contributed by atoms with Gasteiger partial charge in [0.1, 0.15) is 5.52 Å². The van der Waals surface area contributed by atoms with E-state index in [1.165, 1.54) is 0 Å². The summed E-state index contributed by atoms with van der Waals surface area (Å²) in [5.74, 6) is 0.310. The van der Waals surface area contributed by atoms with Crippen LogP contribution in [0.4, 0.5) is 5.69 Å². The van der Waals surface area contributed by atoms with Gasteiger partial charge < -0.3 is 14.8 Å². The molecular weight excluding hydrogens is 292 g/mol. The van der Waals surface area contributed by atoms with Gasteiger partial charge >= 0.3 is 0 Å². The molecule has 118 valence electrons. The van der Waals surface area contributed by atoms with Crippen molar-refractivity contribution in [3.05, 3.63) is 60.0 Å². The summed E-state index contributed by atoms with van der Waals surface area (Å²) >= 11 is 0. The number of benzene rings is 2. The molecule has 1 heterocycles. The quantitative estimate of drug-likeness (QED) is 0.774. The van der Waals surface area contributed by atoms with Gasteiger partial charge in [0, 0.05) is 18.7 Å². The van der Waals surface area contributed by atoms with Crippen LogP contribution in [0.3, 0.4) is 0 Å². The van der Waals surface area contributed by atoms with E-state index in [9.17, 15) is 9.90 Å². The maximum absolute atomic E-state index is 12.2. The third kappa shape index (κ3) is 3.40. The Kier molecular flexibility index (Phi) is 3.88. The Morgan fingerprint density at radius 1 is 1.26 bits per heavy atom. The molecule has 2 N–H and O–H groups in total. The molecule has 1 atom stereocenters. The summed E-state index contributed by atoms with van der Waals surface area (Å²) in [4.78, 5) is 16.4. The van der Waals surface area contributed by atoms with Gasteiger partial charge in [-0.15, -0.1) is 0 Å². The minimum Gasteiger partial charge on any atom is -0.441 e. The molecule has 0 spiro atoms. The van der Waals surface area contributed by atoms with Crippen LogP contribution in [0.5, 0.6) is 0 Å². The highest BCUT2D eigenvalue weighted by molar-refractivity contribution is 5.93. The number of hydrogen-bond acceptors (Lipinski definition) is 4. The van der Waals surface area contributed by atoms with Crippen molar-refractivity contribution in [2.24, 2.45) is 0 Å². The second-order valence-corrected chi connectivity index (χ2v) is 5.78. The van der Waals surface area contributed by atoms with E-state index in [-0.39, 0.29) is 12.3 Å². The van der Waals surface area contributed by atoms with E-state index in [0.717, 1.165) is 5.52 Å². The lowest BCUT2D eigenvalue weighted by atomic mass is 9.92. The van der Waals surface area contributed by atoms with Crippen LogP contribution < -0.4 is 5.32 Å². The zero-order chi connectivity index (χ0) is 16.4. The Morgan fingerprint density at radius 2 is 2.00 bits per heavy atom. The summed E-state index contributed by atoms with van der Waals surface area (Å²) in [6, 6.07) is 14.4. The monoisotopic (exact) mass is 310 g/mol. The Labute approximate surface area is 134 Å². The van der Waals surface area contributed by atoms with Crippen LogP contribution >= 0.6 is 0 Å². The van der Waals surface area contributed by atoms with Crippen molar-refractivity contribution in [2.45, 2.75) is 25.9 Å². The van der Waals surface area contributed by atoms with Crippen molar-refractivity contribution in [1.29, 1.82) is 0 Å². The number of carbonyl (C=O) groups excluding carboxylic acids is 1. The van der Waals surface area contributed by atoms with Gasteiger partial charge in [-0.1, -0.05) is 30.3 Å². The van der Waals surface area contributed by atoms with Crippen molar-refractivity contribution < 1.29 is 14.3 Å². The lowest BCUT2D eigenvalue weighted by molar-refractivity contribution is -0.120. The molecule has 0 aliphatic carbocycles. The normalized spacial score (nSPS) is 13.7. The average Bonchev–Trinajstić information content (AvgIpc) is 2.87. The van der Waals surface area contributed by atoms with Gasteiger partial charge in [-0.25, -0.2) is 4.98 Å². The molecule has 1 unspecified atom stereocenters. The average molecular weight is 310 g/mol. The van der Waals surface area contributed by atoms with Gasteiger partial charge in [-0.05, 0) is 24.6 Å². The Morgan fingerprint density at radius 3 is 2.74 bits per heavy atom. The number of aliphatic hydroxyl groups is 1. The van der Waals surface area contributed by atoms with Crippen LogP contribution in [0.1, 0.15) is 24.8 Å². The first kappa shape index (κ1) is 15.2. The number of aromatic nitrogens is 1. The summed E-state index contributed by atoms with van der Waals surface area (Å²) in [7, 11) is 0. The topological polar surface area (TPSA) is 75.4 Å². The number of nitrogens with one attached hydrogen (secondary N) is 1. The third-order valence-electron chi connectivity index (χ3n) is 3.68. The van der Waals surface area contributed by atoms with Gasteiger partial charge in [0.25, 0.3) is 0 Å². The van der Waals surface area contributed by atoms with E-state index in [1.807, 2.05) is 18.2 Å². The number of hydrogen-bond donors (Lipinski definition) is 2. The molecule has 0 aliphatic heterocycles. The van der Waals surface area contributed by atoms with E-state index in [1.54, 1.807) is 44.2 Å². The Bertz CT molecular complexity index is 838. The molecule has 0 bridgehead atoms. The number of fused-ring (bicyclic) bond motifs is 1. The first-order valence-corrected chi connectivity index (χ1v) is 7.39. The highest BCUT2D eigenvalue weighted by Gasteiger charge is 2.26. The summed E-state index contributed by atoms with van der Waals surface area (Å²) in [5, 5.41) is 13.3. The molecule has 23 heavy (non-hydrogen) atoms. The maximum Gasteiger partial charge on any atom is 0.227 e. The van der Waals surface area contributed by atoms with Crippen molar-refractivity contribution >= 4 is 22.7 Å². The Balaban J connectivity index is 1.73. The van der Waals surface area contributed by atoms with Gasteiger partial charge in [-0.3, -0.25) is 4.79 Å². The smallest absolute Gasteiger partial charge is 0.227 e. The zero-order valence-corrected chi connectivity index (χ0v) is 13.0. The lowest BCUT2D eigenvalue weighted by Crippen LogP contribution is -2.28. The number of carbonyl (C=O) groups is 1. The SMILES string of the molecule is Cc1nc2ccc(NC(=O)CC(C)(O)c3ccccc3)cc2o1. The molecule has 0 aliphatic rings. The molecular formula is C18H18N2O3. The van der Waals surface area contributed by atoms with Crippen molar-refractivity contribution in [3.63, 3.8) is 0 Å². The number of anilines is 1. The van der Waals surface area contributed by atoms with Crippen LogP contribution in [-0.2, 0) is 10.4 Å². The highest BCUT2D eigenvalue weighted by atomic mass is 16.3. The van der Waals surface area contributed by atoms with E-state index >= 15 is 0 Å². The van der Waals surface area contributed by atoms with E-state index < -0.39 is 5.60 Å². The van der Waals surface area contributed by atoms with Gasteiger partial charge in [0.05, 0.1) is 12.0 Å². The summed E-state index contributed by atoms with van der Waals surface area (Å²) in [5.41, 5.74) is 1.46. The van der Waals surface area contributed by atoms with Crippen LogP contribution in [0.15, 0.2) is 52.9 Å². The number of rotatable bonds is 4. The molecule has 0 saturated carbocycles. The van der Waals surface area contributed by atoms with Gasteiger partial charge in [0.2, 0.25) is 5.91 Å². The van der Waals surface area contributed by atoms with Crippen LogP contribution in [0, 0.1) is 6.92 Å². The fraction of sp³-hybridized carbons (Fsp3) is 0.222. The van der Waals surface area contributed by atoms with Crippen molar-refractivity contribution in [3.8, 4) is 0 Å². The Hall–Kier alpha value is -2.66. The van der Waals surface area contributed by atoms with Crippen LogP contribution in [0.25, 0.3) is 11.1 Å². The molecule has 3 aromatic rings. The molecule has 5 heteroatoms. The van der Waals surface area contributed by atoms with E-state index in [4.69, 9.17) is 4.42 Å². The number of nitrogens with zero attached hydrogens (tertiary/aromatic N) is 1. The first-order valence-electron chi connectivity index (χ1n) is 7.39. The fourth-order valence-electron chi connectivity index (χ4n) is 2.53. The molecule has 3 rings (SSSR count). The molecule has 1 amide bonds. The van der Waals surface area contributed by atoms with Crippen molar-refractivity contribution in [2.75, 3.05) is 5.32 Å². The van der Waals surface area contributed by atoms with E-state index in [0.29, 0.717) is 22.7 Å². The minimum absolute atomic E-state index is 0.0372. The number of aryl methyl sites for hydroxylation is 1. The predicted octanol–water partition coefficient (Wildman–Crippen LogP) is 3.37. The first-order chi connectivity index (χ1) is 10.9. The summed E-state index contributed by atoms with van der Waals surface area (Å²) in [6.45, 7) is 3.40. The summed E-state index contributed by atoms with van der Waals surface area (Å²) < 4.78 is 5.45. The molecule has 0 fully saturated rings. The molecule has 1 aromatic heterocycles. The standard InChI is InChI=1S/C18H18N2O3/c1-12-19-15-9-8-14(10-16(15)23-12)20-17(21)11-18(2,22)13-6-4-3-5-7-13/h3-10,22H,11H2,1-2H3,(H,20,21). The number of oxazole rings is 1. The second kappa shape index (κ2) is 5.85. The summed E-state index contributed by atoms with van der Waals surface area (Å²) in [6.07, 6.45) is -0.0372. The molecule has 5 nitrogen and oxygen atoms in total. The maximum atomic E-state index is 12.2.